The molecule has 0 aliphatic carbocycles. The molecule has 22 heavy (non-hydrogen) atoms. The van der Waals surface area contributed by atoms with Crippen LogP contribution in [0.5, 0.6) is 0 Å². The Balaban J connectivity index is 2.49. The fraction of sp³-hybridized carbons (Fsp3) is 0.312. The van der Waals surface area contributed by atoms with Gasteiger partial charge < -0.3 is 9.47 Å². The lowest BCUT2D eigenvalue weighted by Gasteiger charge is -2.19. The molecule has 0 N–H and O–H groups in total. The van der Waals surface area contributed by atoms with E-state index in [1.807, 2.05) is 18.2 Å². The summed E-state index contributed by atoms with van der Waals surface area (Å²) in [5.41, 5.74) is 0.223. The first-order valence-corrected chi connectivity index (χ1v) is 6.79. The van der Waals surface area contributed by atoms with Crippen molar-refractivity contribution in [1.82, 2.24) is 9.78 Å². The summed E-state index contributed by atoms with van der Waals surface area (Å²) in [6.07, 6.45) is 0. The summed E-state index contributed by atoms with van der Waals surface area (Å²) < 4.78 is 11.4. The zero-order chi connectivity index (χ0) is 16.3. The Hall–Kier alpha value is -2.63. The Bertz CT molecular complexity index is 684. The van der Waals surface area contributed by atoms with Crippen LogP contribution in [0, 0.1) is 0 Å². The third-order valence-electron chi connectivity index (χ3n) is 2.71. The number of ether oxygens (including phenoxy) is 2. The summed E-state index contributed by atoms with van der Waals surface area (Å²) >= 11 is 0. The predicted molar refractivity (Wildman–Crippen MR) is 80.1 cm³/mol. The maximum Gasteiger partial charge on any atom is 0.358 e. The molecule has 0 radical (unpaired) electrons. The second-order valence-electron chi connectivity index (χ2n) is 5.66. The SMILES string of the molecule is COC(=O)c1cc(C(=O)OC(C)(C)C)n(-c2ccccc2)n1. The maximum atomic E-state index is 12.3. The van der Waals surface area contributed by atoms with E-state index in [-0.39, 0.29) is 11.4 Å². The Morgan fingerprint density at radius 1 is 1.09 bits per heavy atom. The van der Waals surface area contributed by atoms with Crippen molar-refractivity contribution >= 4 is 11.9 Å². The molecule has 0 fully saturated rings. The highest BCUT2D eigenvalue weighted by atomic mass is 16.6. The first-order chi connectivity index (χ1) is 10.3. The fourth-order valence-electron chi connectivity index (χ4n) is 1.83. The average molecular weight is 302 g/mol. The molecule has 0 aliphatic rings. The number of nitrogens with zero attached hydrogens (tertiary/aromatic N) is 2. The molecule has 0 saturated carbocycles. The third-order valence-corrected chi connectivity index (χ3v) is 2.71. The second kappa shape index (κ2) is 6.01. The topological polar surface area (TPSA) is 70.4 Å². The highest BCUT2D eigenvalue weighted by molar-refractivity contribution is 5.93. The van der Waals surface area contributed by atoms with E-state index >= 15 is 0 Å². The molecule has 0 spiro atoms. The molecule has 1 aromatic heterocycles. The van der Waals surface area contributed by atoms with Gasteiger partial charge in [0.25, 0.3) is 0 Å². The summed E-state index contributed by atoms with van der Waals surface area (Å²) in [5, 5.41) is 4.14. The van der Waals surface area contributed by atoms with Crippen LogP contribution in [0.4, 0.5) is 0 Å². The lowest BCUT2D eigenvalue weighted by molar-refractivity contribution is 0.00593. The van der Waals surface area contributed by atoms with Gasteiger partial charge in [-0.1, -0.05) is 18.2 Å². The fourth-order valence-corrected chi connectivity index (χ4v) is 1.83. The number of aromatic nitrogens is 2. The van der Waals surface area contributed by atoms with E-state index in [1.54, 1.807) is 32.9 Å². The van der Waals surface area contributed by atoms with E-state index in [9.17, 15) is 9.59 Å². The van der Waals surface area contributed by atoms with Crippen LogP contribution in [-0.2, 0) is 9.47 Å². The highest BCUT2D eigenvalue weighted by Crippen LogP contribution is 2.17. The number of rotatable bonds is 3. The van der Waals surface area contributed by atoms with Gasteiger partial charge in [0.15, 0.2) is 11.4 Å². The molecule has 1 aromatic carbocycles. The van der Waals surface area contributed by atoms with Crippen molar-refractivity contribution in [3.8, 4) is 5.69 Å². The third kappa shape index (κ3) is 3.52. The van der Waals surface area contributed by atoms with Gasteiger partial charge >= 0.3 is 11.9 Å². The number of carbonyl (C=O) groups excluding carboxylic acids is 2. The highest BCUT2D eigenvalue weighted by Gasteiger charge is 2.25. The molecule has 2 aromatic rings. The second-order valence-corrected chi connectivity index (χ2v) is 5.66. The van der Waals surface area contributed by atoms with Gasteiger partial charge in [-0.2, -0.15) is 5.10 Å². The zero-order valence-electron chi connectivity index (χ0n) is 13.0. The minimum Gasteiger partial charge on any atom is -0.464 e. The molecule has 0 atom stereocenters. The van der Waals surface area contributed by atoms with E-state index in [1.165, 1.54) is 17.9 Å². The van der Waals surface area contributed by atoms with Gasteiger partial charge in [0.1, 0.15) is 5.60 Å². The Labute approximate surface area is 128 Å². The van der Waals surface area contributed by atoms with Crippen LogP contribution in [0.15, 0.2) is 36.4 Å². The van der Waals surface area contributed by atoms with E-state index in [0.717, 1.165) is 0 Å². The summed E-state index contributed by atoms with van der Waals surface area (Å²) in [4.78, 5) is 24.0. The average Bonchev–Trinajstić information content (AvgIpc) is 2.91. The molecule has 0 unspecified atom stereocenters. The molecule has 0 saturated heterocycles. The number of para-hydroxylation sites is 1. The standard InChI is InChI=1S/C16H18N2O4/c1-16(2,3)22-15(20)13-10-12(14(19)21-4)17-18(13)11-8-6-5-7-9-11/h5-10H,1-4H3. The number of benzene rings is 1. The number of methoxy groups -OCH3 is 1. The molecule has 0 bridgehead atoms. The van der Waals surface area contributed by atoms with E-state index in [4.69, 9.17) is 4.74 Å². The Morgan fingerprint density at radius 3 is 2.27 bits per heavy atom. The van der Waals surface area contributed by atoms with E-state index < -0.39 is 17.5 Å². The molecule has 1 heterocycles. The van der Waals surface area contributed by atoms with Crippen LogP contribution in [-0.4, -0.2) is 34.4 Å². The smallest absolute Gasteiger partial charge is 0.358 e. The van der Waals surface area contributed by atoms with Gasteiger partial charge in [0.2, 0.25) is 0 Å². The van der Waals surface area contributed by atoms with E-state index in [2.05, 4.69) is 9.84 Å². The molecule has 116 valence electrons. The molecular formula is C16H18N2O4. The number of hydrogen-bond acceptors (Lipinski definition) is 5. The predicted octanol–water partition coefficient (Wildman–Crippen LogP) is 2.61. The van der Waals surface area contributed by atoms with Crippen LogP contribution < -0.4 is 0 Å². The zero-order valence-corrected chi connectivity index (χ0v) is 13.0. The Kier molecular flexibility index (Phi) is 4.30. The summed E-state index contributed by atoms with van der Waals surface area (Å²) in [7, 11) is 1.26. The molecular weight excluding hydrogens is 284 g/mol. The van der Waals surface area contributed by atoms with Crippen LogP contribution in [0.3, 0.4) is 0 Å². The first kappa shape index (κ1) is 15.8. The number of carbonyl (C=O) groups is 2. The number of esters is 2. The first-order valence-electron chi connectivity index (χ1n) is 6.79. The van der Waals surface area contributed by atoms with Crippen molar-refractivity contribution in [2.45, 2.75) is 26.4 Å². The van der Waals surface area contributed by atoms with Crippen LogP contribution >= 0.6 is 0 Å². The maximum absolute atomic E-state index is 12.3. The summed E-state index contributed by atoms with van der Waals surface area (Å²) in [6, 6.07) is 10.4. The van der Waals surface area contributed by atoms with E-state index in [0.29, 0.717) is 5.69 Å². The van der Waals surface area contributed by atoms with Gasteiger partial charge in [0.05, 0.1) is 12.8 Å². The quantitative estimate of drug-likeness (QED) is 0.815. The Morgan fingerprint density at radius 2 is 1.73 bits per heavy atom. The molecule has 2 rings (SSSR count). The molecule has 0 amide bonds. The monoisotopic (exact) mass is 302 g/mol. The van der Waals surface area contributed by atoms with Gasteiger partial charge in [0, 0.05) is 6.07 Å². The number of hydrogen-bond donors (Lipinski definition) is 0. The van der Waals surface area contributed by atoms with Crippen molar-refractivity contribution in [2.24, 2.45) is 0 Å². The van der Waals surface area contributed by atoms with Gasteiger partial charge in [-0.3, -0.25) is 0 Å². The lowest BCUT2D eigenvalue weighted by atomic mass is 10.2. The van der Waals surface area contributed by atoms with Crippen molar-refractivity contribution in [1.29, 1.82) is 0 Å². The minimum atomic E-state index is -0.645. The lowest BCUT2D eigenvalue weighted by Crippen LogP contribution is -2.25. The molecule has 0 aliphatic heterocycles. The van der Waals surface area contributed by atoms with Gasteiger partial charge in [-0.15, -0.1) is 0 Å². The van der Waals surface area contributed by atoms with Gasteiger partial charge in [-0.05, 0) is 32.9 Å². The molecule has 6 heteroatoms. The van der Waals surface area contributed by atoms with Crippen molar-refractivity contribution < 1.29 is 19.1 Å². The van der Waals surface area contributed by atoms with Gasteiger partial charge in [-0.25, -0.2) is 14.3 Å². The van der Waals surface area contributed by atoms with Crippen LogP contribution in [0.25, 0.3) is 5.69 Å². The molecule has 6 nitrogen and oxygen atoms in total. The van der Waals surface area contributed by atoms with Crippen LogP contribution in [0.2, 0.25) is 0 Å². The largest absolute Gasteiger partial charge is 0.464 e. The van der Waals surface area contributed by atoms with Crippen molar-refractivity contribution in [2.75, 3.05) is 7.11 Å². The minimum absolute atomic E-state index is 0.0483. The van der Waals surface area contributed by atoms with Crippen molar-refractivity contribution in [3.63, 3.8) is 0 Å². The van der Waals surface area contributed by atoms with Crippen LogP contribution in [0.1, 0.15) is 41.7 Å². The summed E-state index contributed by atoms with van der Waals surface area (Å²) in [5.74, 6) is -1.17. The normalized spacial score (nSPS) is 11.1. The summed E-state index contributed by atoms with van der Waals surface area (Å²) in [6.45, 7) is 5.32. The van der Waals surface area contributed by atoms with Crippen molar-refractivity contribution in [3.05, 3.63) is 47.8 Å².